The molecule has 0 aliphatic heterocycles. The van der Waals surface area contributed by atoms with E-state index in [-0.39, 0.29) is 11.7 Å². The fraction of sp³-hybridized carbons (Fsp3) is 0. The molecule has 6 heteroatoms. The van der Waals surface area contributed by atoms with Crippen LogP contribution < -0.4 is 5.32 Å². The van der Waals surface area contributed by atoms with Gasteiger partial charge in [-0.15, -0.1) is 11.3 Å². The molecule has 1 amide bonds. The number of rotatable bonds is 3. The number of carbonyl (C=O) groups excluding carboxylic acids is 1. The van der Waals surface area contributed by atoms with Gasteiger partial charge in [-0.2, -0.15) is 0 Å². The number of hydrogen-bond acceptors (Lipinski definition) is 5. The van der Waals surface area contributed by atoms with Crippen LogP contribution in [0.5, 0.6) is 5.75 Å². The molecule has 0 aliphatic rings. The van der Waals surface area contributed by atoms with E-state index in [1.54, 1.807) is 18.2 Å². The van der Waals surface area contributed by atoms with Crippen molar-refractivity contribution in [2.75, 3.05) is 5.32 Å². The van der Waals surface area contributed by atoms with Crippen molar-refractivity contribution in [3.63, 3.8) is 0 Å². The Kier molecular flexibility index (Phi) is 3.51. The number of aromatic hydroxyl groups is 1. The molecule has 118 valence electrons. The lowest BCUT2D eigenvalue weighted by molar-refractivity contribution is 0.103. The van der Waals surface area contributed by atoms with Gasteiger partial charge in [0.1, 0.15) is 11.3 Å². The third kappa shape index (κ3) is 2.63. The highest BCUT2D eigenvalue weighted by Crippen LogP contribution is 2.33. The van der Waals surface area contributed by atoms with Gasteiger partial charge in [0.15, 0.2) is 5.58 Å². The van der Waals surface area contributed by atoms with E-state index in [4.69, 9.17) is 4.42 Å². The molecule has 0 unspecified atom stereocenters. The topological polar surface area (TPSA) is 75.4 Å². The molecule has 0 radical (unpaired) electrons. The summed E-state index contributed by atoms with van der Waals surface area (Å²) < 4.78 is 5.69. The smallest absolute Gasteiger partial charge is 0.265 e. The van der Waals surface area contributed by atoms with Crippen LogP contribution >= 0.6 is 11.3 Å². The molecular formula is C18H12N2O3S. The molecule has 5 nitrogen and oxygen atoms in total. The molecule has 2 aromatic carbocycles. The van der Waals surface area contributed by atoms with Crippen molar-refractivity contribution in [1.29, 1.82) is 0 Å². The van der Waals surface area contributed by atoms with Crippen molar-refractivity contribution in [3.8, 4) is 17.2 Å². The molecule has 0 atom stereocenters. The van der Waals surface area contributed by atoms with Gasteiger partial charge in [-0.3, -0.25) is 4.79 Å². The number of phenolic OH excluding ortho intramolecular Hbond substituents is 1. The zero-order valence-electron chi connectivity index (χ0n) is 12.4. The molecule has 4 rings (SSSR count). The van der Waals surface area contributed by atoms with Crippen LogP contribution in [0, 0.1) is 0 Å². The van der Waals surface area contributed by atoms with Crippen LogP contribution in [-0.4, -0.2) is 16.0 Å². The third-order valence-electron chi connectivity index (χ3n) is 3.52. The summed E-state index contributed by atoms with van der Waals surface area (Å²) in [6.07, 6.45) is 0. The zero-order chi connectivity index (χ0) is 16.5. The average molecular weight is 336 g/mol. The Labute approximate surface area is 141 Å². The van der Waals surface area contributed by atoms with Crippen LogP contribution in [0.1, 0.15) is 9.67 Å². The summed E-state index contributed by atoms with van der Waals surface area (Å²) in [6.45, 7) is 0. The van der Waals surface area contributed by atoms with Crippen LogP contribution in [0.15, 0.2) is 64.4 Å². The van der Waals surface area contributed by atoms with Gasteiger partial charge in [0.05, 0.1) is 10.4 Å². The first-order valence-corrected chi connectivity index (χ1v) is 8.12. The van der Waals surface area contributed by atoms with Crippen LogP contribution in [0.3, 0.4) is 0 Å². The van der Waals surface area contributed by atoms with Crippen molar-refractivity contribution in [2.45, 2.75) is 0 Å². The lowest BCUT2D eigenvalue weighted by Gasteiger charge is -2.06. The van der Waals surface area contributed by atoms with E-state index < -0.39 is 0 Å². The first-order chi connectivity index (χ1) is 11.7. The van der Waals surface area contributed by atoms with Gasteiger partial charge < -0.3 is 14.8 Å². The lowest BCUT2D eigenvalue weighted by atomic mass is 10.1. The molecule has 0 fully saturated rings. The van der Waals surface area contributed by atoms with Crippen LogP contribution in [0.25, 0.3) is 22.6 Å². The number of nitrogens with zero attached hydrogens (tertiary/aromatic N) is 1. The molecule has 0 aliphatic carbocycles. The Balaban J connectivity index is 1.69. The Morgan fingerprint density at radius 3 is 2.79 bits per heavy atom. The van der Waals surface area contributed by atoms with Crippen molar-refractivity contribution in [3.05, 3.63) is 64.9 Å². The second-order valence-corrected chi connectivity index (χ2v) is 6.10. The van der Waals surface area contributed by atoms with E-state index in [9.17, 15) is 9.90 Å². The fourth-order valence-electron chi connectivity index (χ4n) is 2.37. The minimum absolute atomic E-state index is 0.0377. The number of aromatic nitrogens is 1. The minimum atomic E-state index is -0.195. The lowest BCUT2D eigenvalue weighted by Crippen LogP contribution is -2.09. The quantitative estimate of drug-likeness (QED) is 0.540. The number of anilines is 1. The summed E-state index contributed by atoms with van der Waals surface area (Å²) in [5.41, 5.74) is 2.33. The number of para-hydroxylation sites is 2. The predicted octanol–water partition coefficient (Wildman–Crippen LogP) is 4.51. The van der Waals surface area contributed by atoms with Crippen molar-refractivity contribution < 1.29 is 14.3 Å². The second kappa shape index (κ2) is 5.82. The maximum absolute atomic E-state index is 12.1. The molecule has 2 heterocycles. The number of amides is 1. The van der Waals surface area contributed by atoms with Gasteiger partial charge in [-0.25, -0.2) is 4.98 Å². The SMILES string of the molecule is O=C(Nc1ccc(O)c(-c2nc3ccccc3o2)c1)c1cccs1. The number of oxazole rings is 1. The Morgan fingerprint density at radius 1 is 1.12 bits per heavy atom. The van der Waals surface area contributed by atoms with E-state index in [1.807, 2.05) is 35.7 Å². The van der Waals surface area contributed by atoms with Crippen LogP contribution in [-0.2, 0) is 0 Å². The number of benzene rings is 2. The van der Waals surface area contributed by atoms with Crippen molar-refractivity contribution in [1.82, 2.24) is 4.98 Å². The molecule has 0 bridgehead atoms. The first kappa shape index (κ1) is 14.5. The van der Waals surface area contributed by atoms with Gasteiger partial charge in [0.2, 0.25) is 5.89 Å². The number of thiophene rings is 1. The summed E-state index contributed by atoms with van der Waals surface area (Å²) in [5.74, 6) is 0.149. The second-order valence-electron chi connectivity index (χ2n) is 5.15. The van der Waals surface area contributed by atoms with Crippen molar-refractivity contribution in [2.24, 2.45) is 0 Å². The van der Waals surface area contributed by atoms with Crippen LogP contribution in [0.4, 0.5) is 5.69 Å². The highest BCUT2D eigenvalue weighted by Gasteiger charge is 2.14. The van der Waals surface area contributed by atoms with Gasteiger partial charge in [0, 0.05) is 5.69 Å². The van der Waals surface area contributed by atoms with Crippen LogP contribution in [0.2, 0.25) is 0 Å². The van der Waals surface area contributed by atoms with Gasteiger partial charge in [-0.05, 0) is 41.8 Å². The number of phenols is 1. The molecule has 24 heavy (non-hydrogen) atoms. The molecule has 0 saturated carbocycles. The molecule has 0 spiro atoms. The maximum atomic E-state index is 12.1. The minimum Gasteiger partial charge on any atom is -0.507 e. The summed E-state index contributed by atoms with van der Waals surface area (Å²) in [5, 5.41) is 14.8. The highest BCUT2D eigenvalue weighted by molar-refractivity contribution is 7.12. The molecule has 0 saturated heterocycles. The van der Waals surface area contributed by atoms with Crippen molar-refractivity contribution >= 4 is 34.0 Å². The third-order valence-corrected chi connectivity index (χ3v) is 4.39. The summed E-state index contributed by atoms with van der Waals surface area (Å²) >= 11 is 1.36. The summed E-state index contributed by atoms with van der Waals surface area (Å²) in [6, 6.07) is 15.7. The average Bonchev–Trinajstić information content (AvgIpc) is 3.25. The number of nitrogens with one attached hydrogen (secondary N) is 1. The molecule has 2 aromatic heterocycles. The number of carbonyl (C=O) groups is 1. The Hall–Kier alpha value is -3.12. The molecular weight excluding hydrogens is 324 g/mol. The molecule has 2 N–H and O–H groups in total. The van der Waals surface area contributed by atoms with E-state index in [1.165, 1.54) is 17.4 Å². The molecule has 4 aromatic rings. The monoisotopic (exact) mass is 336 g/mol. The van der Waals surface area contributed by atoms with E-state index >= 15 is 0 Å². The number of fused-ring (bicyclic) bond motifs is 1. The van der Waals surface area contributed by atoms with E-state index in [0.29, 0.717) is 33.1 Å². The van der Waals surface area contributed by atoms with Gasteiger partial charge in [0.25, 0.3) is 5.91 Å². The largest absolute Gasteiger partial charge is 0.507 e. The standard InChI is InChI=1S/C18H12N2O3S/c21-14-8-7-11(19-17(22)16-6-3-9-24-16)10-12(14)18-20-13-4-1-2-5-15(13)23-18/h1-10,21H,(H,19,22). The van der Waals surface area contributed by atoms with Gasteiger partial charge in [-0.1, -0.05) is 18.2 Å². The maximum Gasteiger partial charge on any atom is 0.265 e. The number of hydrogen-bond donors (Lipinski definition) is 2. The highest BCUT2D eigenvalue weighted by atomic mass is 32.1. The van der Waals surface area contributed by atoms with E-state index in [0.717, 1.165) is 0 Å². The first-order valence-electron chi connectivity index (χ1n) is 7.24. The van der Waals surface area contributed by atoms with Gasteiger partial charge >= 0.3 is 0 Å². The zero-order valence-corrected chi connectivity index (χ0v) is 13.2. The summed E-state index contributed by atoms with van der Waals surface area (Å²) in [4.78, 5) is 17.1. The fourth-order valence-corrected chi connectivity index (χ4v) is 2.99. The van der Waals surface area contributed by atoms with E-state index in [2.05, 4.69) is 10.3 Å². The Morgan fingerprint density at radius 2 is 2.00 bits per heavy atom. The summed E-state index contributed by atoms with van der Waals surface area (Å²) in [7, 11) is 0. The Bertz CT molecular complexity index is 989. The predicted molar refractivity (Wildman–Crippen MR) is 93.4 cm³/mol. The normalized spacial score (nSPS) is 10.8.